The molecular weight excluding hydrogens is 210 g/mol. The van der Waals surface area contributed by atoms with Crippen molar-refractivity contribution < 1.29 is 4.79 Å². The predicted octanol–water partition coefficient (Wildman–Crippen LogP) is 3.43. The number of carbonyl (C=O) groups is 1. The zero-order valence-electron chi connectivity index (χ0n) is 10.8. The van der Waals surface area contributed by atoms with Crippen LogP contribution in [0.2, 0.25) is 0 Å². The molecule has 0 saturated carbocycles. The van der Waals surface area contributed by atoms with Gasteiger partial charge in [-0.1, -0.05) is 6.92 Å². The van der Waals surface area contributed by atoms with Crippen molar-refractivity contribution in [3.05, 3.63) is 29.3 Å². The quantitative estimate of drug-likeness (QED) is 0.727. The van der Waals surface area contributed by atoms with Gasteiger partial charge in [0.25, 0.3) is 0 Å². The number of anilines is 1. The molecule has 1 aromatic rings. The molecule has 0 spiro atoms. The van der Waals surface area contributed by atoms with Crippen LogP contribution in [0, 0.1) is 12.8 Å². The summed E-state index contributed by atoms with van der Waals surface area (Å²) in [4.78, 5) is 13.2. The molecule has 1 fully saturated rings. The smallest absolute Gasteiger partial charge is 0.150 e. The SMILES string of the molecule is Cc1cc(C=O)ccc1N1CCCC(C)CC1. The molecule has 0 N–H and O–H groups in total. The molecule has 0 amide bonds. The first-order chi connectivity index (χ1) is 8.20. The Morgan fingerprint density at radius 3 is 2.82 bits per heavy atom. The zero-order chi connectivity index (χ0) is 12.3. The Labute approximate surface area is 104 Å². The molecule has 2 heteroatoms. The van der Waals surface area contributed by atoms with Crippen LogP contribution < -0.4 is 4.90 Å². The number of aldehydes is 1. The van der Waals surface area contributed by atoms with Gasteiger partial charge >= 0.3 is 0 Å². The van der Waals surface area contributed by atoms with Crippen LogP contribution in [0.5, 0.6) is 0 Å². The fraction of sp³-hybridized carbons (Fsp3) is 0.533. The van der Waals surface area contributed by atoms with Gasteiger partial charge in [0.05, 0.1) is 0 Å². The minimum absolute atomic E-state index is 0.773. The lowest BCUT2D eigenvalue weighted by atomic mass is 10.0. The molecule has 2 nitrogen and oxygen atoms in total. The summed E-state index contributed by atoms with van der Waals surface area (Å²) in [5.41, 5.74) is 3.28. The molecule has 1 atom stereocenters. The highest BCUT2D eigenvalue weighted by molar-refractivity contribution is 5.77. The molecule has 1 aliphatic heterocycles. The molecule has 1 aliphatic rings. The zero-order valence-corrected chi connectivity index (χ0v) is 10.8. The molecule has 0 aromatic heterocycles. The first-order valence-electron chi connectivity index (χ1n) is 6.51. The molecule has 17 heavy (non-hydrogen) atoms. The summed E-state index contributed by atoms with van der Waals surface area (Å²) in [6.45, 7) is 6.72. The van der Waals surface area contributed by atoms with Crippen molar-refractivity contribution in [2.24, 2.45) is 5.92 Å². The van der Waals surface area contributed by atoms with Crippen molar-refractivity contribution in [1.82, 2.24) is 0 Å². The Morgan fingerprint density at radius 2 is 2.12 bits per heavy atom. The van der Waals surface area contributed by atoms with E-state index in [-0.39, 0.29) is 0 Å². The summed E-state index contributed by atoms with van der Waals surface area (Å²) in [7, 11) is 0. The van der Waals surface area contributed by atoms with Crippen LogP contribution in [-0.4, -0.2) is 19.4 Å². The minimum Gasteiger partial charge on any atom is -0.371 e. The lowest BCUT2D eigenvalue weighted by Crippen LogP contribution is -2.24. The number of nitrogens with zero attached hydrogens (tertiary/aromatic N) is 1. The van der Waals surface area contributed by atoms with Crippen LogP contribution in [0.4, 0.5) is 5.69 Å². The Balaban J connectivity index is 2.18. The summed E-state index contributed by atoms with van der Waals surface area (Å²) in [5.74, 6) is 0.842. The number of hydrogen-bond donors (Lipinski definition) is 0. The van der Waals surface area contributed by atoms with E-state index in [4.69, 9.17) is 0 Å². The van der Waals surface area contributed by atoms with E-state index in [1.54, 1.807) is 0 Å². The van der Waals surface area contributed by atoms with E-state index in [9.17, 15) is 4.79 Å². The summed E-state index contributed by atoms with van der Waals surface area (Å²) in [5, 5.41) is 0. The van der Waals surface area contributed by atoms with Gasteiger partial charge in [0.15, 0.2) is 0 Å². The highest BCUT2D eigenvalue weighted by Crippen LogP contribution is 2.25. The Kier molecular flexibility index (Phi) is 3.82. The average molecular weight is 231 g/mol. The van der Waals surface area contributed by atoms with Crippen LogP contribution in [0.25, 0.3) is 0 Å². The predicted molar refractivity (Wildman–Crippen MR) is 71.8 cm³/mol. The molecule has 1 unspecified atom stereocenters. The van der Waals surface area contributed by atoms with Gasteiger partial charge in [-0.15, -0.1) is 0 Å². The first kappa shape index (κ1) is 12.2. The largest absolute Gasteiger partial charge is 0.371 e. The van der Waals surface area contributed by atoms with Crippen molar-refractivity contribution >= 4 is 12.0 Å². The molecule has 2 rings (SSSR count). The third-order valence-corrected chi connectivity index (χ3v) is 3.71. The van der Waals surface area contributed by atoms with Gasteiger partial charge in [-0.05, 0) is 55.9 Å². The molecule has 0 bridgehead atoms. The topological polar surface area (TPSA) is 20.3 Å². The van der Waals surface area contributed by atoms with Gasteiger partial charge in [0.1, 0.15) is 6.29 Å². The summed E-state index contributed by atoms with van der Waals surface area (Å²) in [6.07, 6.45) is 4.80. The monoisotopic (exact) mass is 231 g/mol. The lowest BCUT2D eigenvalue weighted by Gasteiger charge is -2.24. The number of rotatable bonds is 2. The maximum Gasteiger partial charge on any atom is 0.150 e. The van der Waals surface area contributed by atoms with Crippen LogP contribution in [0.15, 0.2) is 18.2 Å². The van der Waals surface area contributed by atoms with E-state index in [1.807, 2.05) is 12.1 Å². The third-order valence-electron chi connectivity index (χ3n) is 3.71. The summed E-state index contributed by atoms with van der Waals surface area (Å²) < 4.78 is 0. The molecular formula is C15H21NO. The molecule has 0 radical (unpaired) electrons. The fourth-order valence-electron chi connectivity index (χ4n) is 2.61. The normalized spacial score (nSPS) is 21.1. The second-order valence-corrected chi connectivity index (χ2v) is 5.19. The van der Waals surface area contributed by atoms with E-state index in [0.29, 0.717) is 0 Å². The Hall–Kier alpha value is -1.31. The van der Waals surface area contributed by atoms with Gasteiger partial charge in [0.2, 0.25) is 0 Å². The minimum atomic E-state index is 0.773. The van der Waals surface area contributed by atoms with Crippen LogP contribution in [0.1, 0.15) is 42.1 Å². The maximum absolute atomic E-state index is 10.7. The van der Waals surface area contributed by atoms with Gasteiger partial charge in [-0.2, -0.15) is 0 Å². The number of benzene rings is 1. The number of aryl methyl sites for hydroxylation is 1. The molecule has 0 aliphatic carbocycles. The molecule has 1 heterocycles. The fourth-order valence-corrected chi connectivity index (χ4v) is 2.61. The highest BCUT2D eigenvalue weighted by atomic mass is 16.1. The van der Waals surface area contributed by atoms with E-state index in [2.05, 4.69) is 24.8 Å². The summed E-state index contributed by atoms with van der Waals surface area (Å²) >= 11 is 0. The van der Waals surface area contributed by atoms with Gasteiger partial charge < -0.3 is 4.90 Å². The average Bonchev–Trinajstić information content (AvgIpc) is 2.54. The lowest BCUT2D eigenvalue weighted by molar-refractivity contribution is 0.112. The van der Waals surface area contributed by atoms with E-state index in [1.165, 1.54) is 30.5 Å². The first-order valence-corrected chi connectivity index (χ1v) is 6.51. The van der Waals surface area contributed by atoms with E-state index in [0.717, 1.165) is 30.9 Å². The molecule has 92 valence electrons. The standard InChI is InChI=1S/C15H21NO/c1-12-4-3-8-16(9-7-12)15-6-5-14(11-17)10-13(15)2/h5-6,10-12H,3-4,7-9H2,1-2H3. The Bertz CT molecular complexity index is 400. The number of carbonyl (C=O) groups excluding carboxylic acids is 1. The van der Waals surface area contributed by atoms with E-state index < -0.39 is 0 Å². The van der Waals surface area contributed by atoms with E-state index >= 15 is 0 Å². The van der Waals surface area contributed by atoms with Gasteiger partial charge in [-0.3, -0.25) is 4.79 Å². The molecule has 1 aromatic carbocycles. The maximum atomic E-state index is 10.7. The van der Waals surface area contributed by atoms with Crippen molar-refractivity contribution in [2.75, 3.05) is 18.0 Å². The van der Waals surface area contributed by atoms with Gasteiger partial charge in [-0.25, -0.2) is 0 Å². The van der Waals surface area contributed by atoms with Crippen molar-refractivity contribution in [2.45, 2.75) is 33.1 Å². The van der Waals surface area contributed by atoms with Crippen molar-refractivity contribution in [3.63, 3.8) is 0 Å². The molecule has 1 saturated heterocycles. The second kappa shape index (κ2) is 5.35. The van der Waals surface area contributed by atoms with Crippen molar-refractivity contribution in [1.29, 1.82) is 0 Å². The third kappa shape index (κ3) is 2.87. The summed E-state index contributed by atoms with van der Waals surface area (Å²) in [6, 6.07) is 6.00. The van der Waals surface area contributed by atoms with Crippen LogP contribution in [-0.2, 0) is 0 Å². The Morgan fingerprint density at radius 1 is 1.29 bits per heavy atom. The number of hydrogen-bond acceptors (Lipinski definition) is 2. The second-order valence-electron chi connectivity index (χ2n) is 5.19. The van der Waals surface area contributed by atoms with Crippen LogP contribution in [0.3, 0.4) is 0 Å². The van der Waals surface area contributed by atoms with Crippen molar-refractivity contribution in [3.8, 4) is 0 Å². The van der Waals surface area contributed by atoms with Crippen LogP contribution >= 0.6 is 0 Å². The highest BCUT2D eigenvalue weighted by Gasteiger charge is 2.15. The van der Waals surface area contributed by atoms with Gasteiger partial charge in [0, 0.05) is 24.3 Å².